The van der Waals surface area contributed by atoms with Gasteiger partial charge in [-0.25, -0.2) is 11.6 Å². The number of aryl methyl sites for hydroxylation is 2. The fraction of sp³-hybridized carbons (Fsp3) is 0.435. The van der Waals surface area contributed by atoms with E-state index in [2.05, 4.69) is 70.3 Å². The van der Waals surface area contributed by atoms with Gasteiger partial charge >= 0.3 is 26.2 Å². The maximum atomic E-state index is 3.36. The first-order valence-electron chi connectivity index (χ1n) is 9.04. The molecule has 2 aromatic rings. The van der Waals surface area contributed by atoms with Crippen molar-refractivity contribution in [3.8, 4) is 0 Å². The van der Waals surface area contributed by atoms with E-state index in [0.717, 1.165) is 0 Å². The summed E-state index contributed by atoms with van der Waals surface area (Å²) < 4.78 is 0. The third-order valence-electron chi connectivity index (χ3n) is 5.59. The smallest absolute Gasteiger partial charge is 1.00 e. The van der Waals surface area contributed by atoms with Crippen molar-refractivity contribution in [1.82, 2.24) is 0 Å². The number of thiophene rings is 1. The molecule has 1 aromatic heterocycles. The molecule has 2 aliphatic rings. The Morgan fingerprint density at radius 1 is 1.15 bits per heavy atom. The molecular weight excluding hydrogens is 470 g/mol. The molecule has 0 radical (unpaired) electrons. The number of rotatable bonds is 1. The van der Waals surface area contributed by atoms with Crippen molar-refractivity contribution in [1.29, 1.82) is 0 Å². The van der Waals surface area contributed by atoms with Crippen LogP contribution in [0.2, 0.25) is 0 Å². The van der Waals surface area contributed by atoms with Crippen LogP contribution in [0.5, 0.6) is 0 Å². The summed E-state index contributed by atoms with van der Waals surface area (Å²) in [7, 11) is 0. The first-order valence-corrected chi connectivity index (χ1v) is 9.92. The van der Waals surface area contributed by atoms with E-state index in [0.29, 0.717) is 11.8 Å². The Morgan fingerprint density at radius 2 is 1.85 bits per heavy atom. The van der Waals surface area contributed by atoms with Crippen LogP contribution in [0.15, 0.2) is 46.4 Å². The van der Waals surface area contributed by atoms with E-state index < -0.39 is 0 Å². The third kappa shape index (κ3) is 6.23. The standard InChI is InChI=1S/C14H15S.C9H13.2ClH.Zr/c1-10-8-11-4-2-5-12(13(11)9-10)14-6-3-7-15-14;1-6-5-7(2)9(4)8(6)3;;;/h3,6-9,12H,2,4-5H2,1H3;6H,1-4H3;2*1H;/q2*-1;;;+4/p-2. The van der Waals surface area contributed by atoms with Crippen LogP contribution in [0, 0.1) is 18.9 Å². The van der Waals surface area contributed by atoms with Crippen molar-refractivity contribution in [2.24, 2.45) is 5.92 Å². The molecule has 0 nitrogen and oxygen atoms in total. The minimum absolute atomic E-state index is 0. The molecule has 0 saturated carbocycles. The number of hydrogen-bond donors (Lipinski definition) is 0. The normalized spacial score (nSPS) is 20.3. The van der Waals surface area contributed by atoms with E-state index in [1.54, 1.807) is 16.0 Å². The first kappa shape index (κ1) is 27.0. The maximum Gasteiger partial charge on any atom is 4.00 e. The summed E-state index contributed by atoms with van der Waals surface area (Å²) in [5, 5.41) is 2.19. The van der Waals surface area contributed by atoms with Crippen LogP contribution in [0.1, 0.15) is 68.0 Å². The molecule has 0 bridgehead atoms. The molecule has 0 amide bonds. The summed E-state index contributed by atoms with van der Waals surface area (Å²) in [5.41, 5.74) is 8.87. The van der Waals surface area contributed by atoms with Crippen LogP contribution in [-0.4, -0.2) is 0 Å². The topological polar surface area (TPSA) is 0 Å². The Morgan fingerprint density at radius 3 is 2.33 bits per heavy atom. The Kier molecular flexibility index (Phi) is 11.9. The van der Waals surface area contributed by atoms with Gasteiger partial charge in [0.2, 0.25) is 0 Å². The second kappa shape index (κ2) is 11.9. The minimum Gasteiger partial charge on any atom is -1.00 e. The fourth-order valence-electron chi connectivity index (χ4n) is 3.88. The first-order chi connectivity index (χ1) is 11.5. The van der Waals surface area contributed by atoms with Gasteiger partial charge in [-0.3, -0.25) is 6.08 Å². The zero-order valence-corrected chi connectivity index (χ0v) is 21.6. The summed E-state index contributed by atoms with van der Waals surface area (Å²) in [5.74, 6) is 1.24. The quantitative estimate of drug-likeness (QED) is 0.515. The predicted octanol–water partition coefficient (Wildman–Crippen LogP) is 0.971. The number of fused-ring (bicyclic) bond motifs is 1. The van der Waals surface area contributed by atoms with Crippen molar-refractivity contribution < 1.29 is 51.0 Å². The fourth-order valence-corrected chi connectivity index (χ4v) is 4.76. The Bertz CT molecular complexity index is 768. The average Bonchev–Trinajstić information content (AvgIpc) is 3.25. The van der Waals surface area contributed by atoms with Crippen LogP contribution >= 0.6 is 11.3 Å². The third-order valence-corrected chi connectivity index (χ3v) is 6.58. The van der Waals surface area contributed by atoms with Gasteiger partial charge < -0.3 is 24.8 Å². The second-order valence-corrected chi connectivity index (χ2v) is 8.25. The van der Waals surface area contributed by atoms with Crippen molar-refractivity contribution in [2.75, 3.05) is 0 Å². The summed E-state index contributed by atoms with van der Waals surface area (Å²) in [4.78, 5) is 1.54. The van der Waals surface area contributed by atoms with E-state index >= 15 is 0 Å². The second-order valence-electron chi connectivity index (χ2n) is 7.27. The van der Waals surface area contributed by atoms with E-state index in [9.17, 15) is 0 Å². The van der Waals surface area contributed by atoms with E-state index in [4.69, 9.17) is 0 Å². The molecule has 4 heteroatoms. The Labute approximate surface area is 200 Å². The molecule has 0 fully saturated rings. The van der Waals surface area contributed by atoms with E-state index in [-0.39, 0.29) is 51.0 Å². The number of halogens is 2. The van der Waals surface area contributed by atoms with Gasteiger partial charge in [-0.15, -0.1) is 18.3 Å². The SMILES string of the molecule is CC1=[C-]C(C)C(C)=C1C.Cc1cc2c([cH-]1)CCCC2c1cccs1.[Cl-].[Cl-].[Zr+4]. The molecule has 0 spiro atoms. The monoisotopic (exact) mass is 496 g/mol. The molecule has 27 heavy (non-hydrogen) atoms. The number of allylic oxidation sites excluding steroid dienone is 4. The molecule has 1 aromatic carbocycles. The zero-order chi connectivity index (χ0) is 17.3. The number of hydrogen-bond acceptors (Lipinski definition) is 1. The molecule has 0 N–H and O–H groups in total. The summed E-state index contributed by atoms with van der Waals surface area (Å²) in [6.07, 6.45) is 7.32. The van der Waals surface area contributed by atoms with Crippen LogP contribution in [0.25, 0.3) is 0 Å². The molecule has 2 unspecified atom stereocenters. The predicted molar refractivity (Wildman–Crippen MR) is 106 cm³/mol. The largest absolute Gasteiger partial charge is 4.00 e. The van der Waals surface area contributed by atoms with Gasteiger partial charge in [-0.1, -0.05) is 58.9 Å². The van der Waals surface area contributed by atoms with E-state index in [1.807, 2.05) is 11.3 Å². The van der Waals surface area contributed by atoms with Crippen molar-refractivity contribution >= 4 is 11.3 Å². The summed E-state index contributed by atoms with van der Waals surface area (Å²) in [6.45, 7) is 10.9. The van der Waals surface area contributed by atoms with Gasteiger partial charge in [0, 0.05) is 0 Å². The molecule has 0 saturated heterocycles. The maximum absolute atomic E-state index is 3.36. The van der Waals surface area contributed by atoms with Gasteiger partial charge in [0.15, 0.2) is 0 Å². The summed E-state index contributed by atoms with van der Waals surface area (Å²) >= 11 is 1.90. The van der Waals surface area contributed by atoms with Gasteiger partial charge in [-0.05, 0) is 22.2 Å². The molecular formula is C23H28Cl2SZr. The van der Waals surface area contributed by atoms with Gasteiger partial charge in [-0.2, -0.15) is 33.9 Å². The van der Waals surface area contributed by atoms with Crippen molar-refractivity contribution in [3.05, 3.63) is 74.0 Å². The van der Waals surface area contributed by atoms with Crippen molar-refractivity contribution in [3.63, 3.8) is 0 Å². The van der Waals surface area contributed by atoms with Crippen LogP contribution in [0.3, 0.4) is 0 Å². The van der Waals surface area contributed by atoms with Gasteiger partial charge in [0.25, 0.3) is 0 Å². The zero-order valence-electron chi connectivity index (χ0n) is 16.8. The summed E-state index contributed by atoms with van der Waals surface area (Å²) in [6, 6.07) is 9.21. The van der Waals surface area contributed by atoms with Crippen LogP contribution in [0.4, 0.5) is 0 Å². The average molecular weight is 499 g/mol. The van der Waals surface area contributed by atoms with Crippen LogP contribution in [-0.2, 0) is 32.6 Å². The molecule has 4 rings (SSSR count). The molecule has 1 heterocycles. The molecule has 2 atom stereocenters. The Hall–Kier alpha value is -0.00688. The van der Waals surface area contributed by atoms with E-state index in [1.165, 1.54) is 41.5 Å². The Balaban J connectivity index is 0.000000498. The molecule has 0 aliphatic heterocycles. The van der Waals surface area contributed by atoms with Gasteiger partial charge in [0.05, 0.1) is 0 Å². The molecule has 2 aliphatic carbocycles. The van der Waals surface area contributed by atoms with Crippen molar-refractivity contribution in [2.45, 2.75) is 59.8 Å². The van der Waals surface area contributed by atoms with Gasteiger partial charge in [0.1, 0.15) is 0 Å². The molecule has 144 valence electrons. The minimum atomic E-state index is 0. The van der Waals surface area contributed by atoms with Crippen LogP contribution < -0.4 is 24.8 Å².